The average molecular weight is 428 g/mol. The predicted octanol–water partition coefficient (Wildman–Crippen LogP) is 5.54. The second kappa shape index (κ2) is 9.54. The van der Waals surface area contributed by atoms with Crippen LogP contribution in [0.3, 0.4) is 0 Å². The van der Waals surface area contributed by atoms with Gasteiger partial charge in [-0.25, -0.2) is 4.79 Å². The Balaban J connectivity index is 1.96. The van der Waals surface area contributed by atoms with Crippen LogP contribution >= 0.6 is 11.6 Å². The van der Waals surface area contributed by atoms with Gasteiger partial charge in [-0.05, 0) is 43.5 Å². The van der Waals surface area contributed by atoms with Gasteiger partial charge in [0.1, 0.15) is 12.4 Å². The van der Waals surface area contributed by atoms with E-state index in [1.54, 1.807) is 21.7 Å². The molecule has 0 bridgehead atoms. The van der Waals surface area contributed by atoms with Crippen LogP contribution in [0.2, 0.25) is 5.02 Å². The molecule has 0 aliphatic carbocycles. The molecule has 1 aromatic heterocycles. The van der Waals surface area contributed by atoms with Gasteiger partial charge in [0.15, 0.2) is 0 Å². The summed E-state index contributed by atoms with van der Waals surface area (Å²) in [6, 6.07) is 15.1. The van der Waals surface area contributed by atoms with E-state index in [1.165, 1.54) is 0 Å². The quantitative estimate of drug-likeness (QED) is 0.538. The second-order valence-corrected chi connectivity index (χ2v) is 8.37. The molecule has 30 heavy (non-hydrogen) atoms. The minimum atomic E-state index is -0.122. The van der Waals surface area contributed by atoms with Gasteiger partial charge in [-0.3, -0.25) is 4.57 Å². The zero-order valence-corrected chi connectivity index (χ0v) is 18.8. The van der Waals surface area contributed by atoms with Crippen molar-refractivity contribution in [2.75, 3.05) is 6.54 Å². The van der Waals surface area contributed by atoms with Crippen LogP contribution in [-0.4, -0.2) is 34.1 Å². The van der Waals surface area contributed by atoms with Gasteiger partial charge >= 0.3 is 6.03 Å². The molecule has 1 amide bonds. The lowest BCUT2D eigenvalue weighted by Crippen LogP contribution is -2.51. The van der Waals surface area contributed by atoms with E-state index in [9.17, 15) is 4.79 Å². The molecule has 0 radical (unpaired) electrons. The molecule has 2 aromatic carbocycles. The number of carbonyl (C=O) groups is 1. The fraction of sp³-hybridized carbons (Fsp3) is 0.375. The van der Waals surface area contributed by atoms with Gasteiger partial charge < -0.3 is 15.4 Å². The van der Waals surface area contributed by atoms with E-state index >= 15 is 0 Å². The Morgan fingerprint density at radius 1 is 1.17 bits per heavy atom. The minimum absolute atomic E-state index is 0.0964. The minimum Gasteiger partial charge on any atom is -0.487 e. The lowest BCUT2D eigenvalue weighted by Gasteiger charge is -2.34. The number of aromatic nitrogens is 1. The van der Waals surface area contributed by atoms with Crippen molar-refractivity contribution in [2.45, 2.75) is 46.4 Å². The summed E-state index contributed by atoms with van der Waals surface area (Å²) in [5.74, 6) is 0.897. The summed E-state index contributed by atoms with van der Waals surface area (Å²) in [5.41, 5.74) is 8.17. The van der Waals surface area contributed by atoms with Crippen LogP contribution in [0.1, 0.15) is 33.3 Å². The van der Waals surface area contributed by atoms with Crippen molar-refractivity contribution in [1.82, 2.24) is 9.47 Å². The molecular weight excluding hydrogens is 398 g/mol. The molecule has 0 aliphatic rings. The van der Waals surface area contributed by atoms with Crippen LogP contribution in [0.4, 0.5) is 4.79 Å². The number of fused-ring (bicyclic) bond motifs is 1. The lowest BCUT2D eigenvalue weighted by molar-refractivity contribution is 0.167. The molecule has 2 N–H and O–H groups in total. The smallest absolute Gasteiger partial charge is 0.329 e. The van der Waals surface area contributed by atoms with Crippen molar-refractivity contribution < 1.29 is 9.53 Å². The molecule has 2 unspecified atom stereocenters. The summed E-state index contributed by atoms with van der Waals surface area (Å²) < 4.78 is 7.71. The first-order valence-corrected chi connectivity index (χ1v) is 10.7. The predicted molar refractivity (Wildman–Crippen MR) is 123 cm³/mol. The number of nitrogens with zero attached hydrogens (tertiary/aromatic N) is 2. The number of carbonyl (C=O) groups excluding carboxylic acids is 1. The third-order valence-corrected chi connectivity index (χ3v) is 5.81. The van der Waals surface area contributed by atoms with E-state index in [1.807, 2.05) is 56.3 Å². The van der Waals surface area contributed by atoms with Crippen LogP contribution in [0, 0.1) is 5.92 Å². The molecule has 160 valence electrons. The van der Waals surface area contributed by atoms with Gasteiger partial charge in [0.05, 0.1) is 11.7 Å². The Labute approximate surface area is 183 Å². The van der Waals surface area contributed by atoms with Crippen molar-refractivity contribution in [3.05, 3.63) is 65.3 Å². The van der Waals surface area contributed by atoms with E-state index < -0.39 is 0 Å². The number of nitrogens with two attached hydrogens (primary N) is 1. The SMILES string of the molecule is CCN(C(=O)n1cc(OCc2ccccc2)c2cc(Cl)ccc21)C(C)C(N)C(C)C. The first-order chi connectivity index (χ1) is 14.3. The number of hydrogen-bond donors (Lipinski definition) is 1. The highest BCUT2D eigenvalue weighted by atomic mass is 35.5. The van der Waals surface area contributed by atoms with Crippen molar-refractivity contribution in [2.24, 2.45) is 11.7 Å². The first-order valence-electron chi connectivity index (χ1n) is 10.4. The number of ether oxygens (including phenoxy) is 1. The molecule has 0 spiro atoms. The summed E-state index contributed by atoms with van der Waals surface area (Å²) in [7, 11) is 0. The summed E-state index contributed by atoms with van der Waals surface area (Å²) in [4.78, 5) is 15.3. The Morgan fingerprint density at radius 3 is 2.50 bits per heavy atom. The van der Waals surface area contributed by atoms with Crippen LogP contribution < -0.4 is 10.5 Å². The topological polar surface area (TPSA) is 60.5 Å². The molecule has 0 saturated heterocycles. The summed E-state index contributed by atoms with van der Waals surface area (Å²) in [5, 5.41) is 1.41. The van der Waals surface area contributed by atoms with E-state index in [2.05, 4.69) is 13.8 Å². The van der Waals surface area contributed by atoms with Gasteiger partial charge in [-0.1, -0.05) is 55.8 Å². The van der Waals surface area contributed by atoms with E-state index in [0.717, 1.165) is 16.5 Å². The maximum atomic E-state index is 13.5. The number of hydrogen-bond acceptors (Lipinski definition) is 3. The standard InChI is InChI=1S/C24H30ClN3O2/c1-5-27(17(4)23(26)16(2)3)24(29)28-14-22(20-13-19(25)11-12-21(20)28)30-15-18-9-7-6-8-10-18/h6-14,16-17,23H,5,15,26H2,1-4H3. The van der Waals surface area contributed by atoms with Crippen molar-refractivity contribution in [3.63, 3.8) is 0 Å². The average Bonchev–Trinajstić information content (AvgIpc) is 3.10. The van der Waals surface area contributed by atoms with Gasteiger partial charge in [-0.2, -0.15) is 0 Å². The van der Waals surface area contributed by atoms with Crippen molar-refractivity contribution in [1.29, 1.82) is 0 Å². The Morgan fingerprint density at radius 2 is 1.87 bits per heavy atom. The number of amides is 1. The molecule has 0 saturated carbocycles. The molecule has 6 heteroatoms. The van der Waals surface area contributed by atoms with Crippen LogP contribution in [0.5, 0.6) is 5.75 Å². The van der Waals surface area contributed by atoms with Crippen molar-refractivity contribution in [3.8, 4) is 5.75 Å². The Hall–Kier alpha value is -2.50. The highest BCUT2D eigenvalue weighted by Gasteiger charge is 2.28. The number of halogens is 1. The molecule has 1 heterocycles. The Kier molecular flexibility index (Phi) is 7.06. The monoisotopic (exact) mass is 427 g/mol. The fourth-order valence-electron chi connectivity index (χ4n) is 3.68. The largest absolute Gasteiger partial charge is 0.487 e. The van der Waals surface area contributed by atoms with Crippen LogP contribution in [-0.2, 0) is 6.61 Å². The summed E-state index contributed by atoms with van der Waals surface area (Å²) in [6.07, 6.45) is 1.75. The van der Waals surface area contributed by atoms with E-state index in [4.69, 9.17) is 22.1 Å². The number of likely N-dealkylation sites (N-methyl/N-ethyl adjacent to an activating group) is 1. The number of rotatable bonds is 7. The van der Waals surface area contributed by atoms with Gasteiger partial charge in [0.25, 0.3) is 0 Å². The van der Waals surface area contributed by atoms with Crippen molar-refractivity contribution >= 4 is 28.5 Å². The molecule has 3 aromatic rings. The normalized spacial score (nSPS) is 13.4. The zero-order valence-electron chi connectivity index (χ0n) is 18.0. The van der Waals surface area contributed by atoms with Crippen LogP contribution in [0.25, 0.3) is 10.9 Å². The maximum Gasteiger partial charge on any atom is 0.329 e. The Bertz CT molecular complexity index is 1000. The molecule has 0 aliphatic heterocycles. The van der Waals surface area contributed by atoms with Gasteiger partial charge in [0, 0.05) is 29.0 Å². The highest BCUT2D eigenvalue weighted by Crippen LogP contribution is 2.32. The van der Waals surface area contributed by atoms with Gasteiger partial charge in [-0.15, -0.1) is 0 Å². The summed E-state index contributed by atoms with van der Waals surface area (Å²) in [6.45, 7) is 9.09. The number of benzene rings is 2. The third kappa shape index (κ3) is 4.63. The lowest BCUT2D eigenvalue weighted by atomic mass is 9.97. The highest BCUT2D eigenvalue weighted by molar-refractivity contribution is 6.31. The van der Waals surface area contributed by atoms with Gasteiger partial charge in [0.2, 0.25) is 0 Å². The molecule has 5 nitrogen and oxygen atoms in total. The van der Waals surface area contributed by atoms with E-state index in [0.29, 0.717) is 23.9 Å². The second-order valence-electron chi connectivity index (χ2n) is 7.93. The first kappa shape index (κ1) is 22.2. The van der Waals surface area contributed by atoms with E-state index in [-0.39, 0.29) is 24.0 Å². The molecule has 0 fully saturated rings. The molecular formula is C24H30ClN3O2. The maximum absolute atomic E-state index is 13.5. The third-order valence-electron chi connectivity index (χ3n) is 5.58. The molecule has 3 rings (SSSR count). The summed E-state index contributed by atoms with van der Waals surface area (Å²) >= 11 is 6.24. The fourth-order valence-corrected chi connectivity index (χ4v) is 3.85. The zero-order chi connectivity index (χ0) is 21.8. The van der Waals surface area contributed by atoms with Crippen LogP contribution in [0.15, 0.2) is 54.7 Å². The molecule has 2 atom stereocenters.